The highest BCUT2D eigenvalue weighted by atomic mass is 16.6. The maximum atomic E-state index is 10.6. The first kappa shape index (κ1) is 10.1. The molecule has 1 aromatic carbocycles. The molecule has 72 valence electrons. The summed E-state index contributed by atoms with van der Waals surface area (Å²) in [5.74, 6) is 2.76. The predicted molar refractivity (Wildman–Crippen MR) is 52.2 cm³/mol. The standard InChI is InChI=1S/C10H9NO3/c1-3-7-14-10-6-4-5-9(8(10)2)11(12)13/h1,4-6H,7H2,2H3. The van der Waals surface area contributed by atoms with Crippen molar-refractivity contribution >= 4 is 5.69 Å². The molecule has 14 heavy (non-hydrogen) atoms. The summed E-state index contributed by atoms with van der Waals surface area (Å²) in [6, 6.07) is 4.65. The van der Waals surface area contributed by atoms with Gasteiger partial charge in [-0.1, -0.05) is 12.0 Å². The van der Waals surface area contributed by atoms with Crippen molar-refractivity contribution in [1.82, 2.24) is 0 Å². The monoisotopic (exact) mass is 191 g/mol. The Morgan fingerprint density at radius 1 is 1.64 bits per heavy atom. The fraction of sp³-hybridized carbons (Fsp3) is 0.200. The average molecular weight is 191 g/mol. The molecule has 1 aromatic rings. The minimum absolute atomic E-state index is 0.0412. The number of ether oxygens (including phenoxy) is 1. The second kappa shape index (κ2) is 4.28. The molecular weight excluding hydrogens is 182 g/mol. The molecule has 0 spiro atoms. The number of nitro groups is 1. The van der Waals surface area contributed by atoms with Gasteiger partial charge in [-0.05, 0) is 13.0 Å². The number of hydrogen-bond donors (Lipinski definition) is 0. The van der Waals surface area contributed by atoms with Crippen molar-refractivity contribution < 1.29 is 9.66 Å². The Hall–Kier alpha value is -2.02. The van der Waals surface area contributed by atoms with Crippen LogP contribution in [0.25, 0.3) is 0 Å². The summed E-state index contributed by atoms with van der Waals surface area (Å²) in [4.78, 5) is 10.1. The van der Waals surface area contributed by atoms with Gasteiger partial charge in [0.05, 0.1) is 10.5 Å². The Kier molecular flexibility index (Phi) is 3.08. The smallest absolute Gasteiger partial charge is 0.276 e. The Morgan fingerprint density at radius 2 is 2.36 bits per heavy atom. The van der Waals surface area contributed by atoms with Crippen LogP contribution in [0.2, 0.25) is 0 Å². The molecule has 0 N–H and O–H groups in total. The van der Waals surface area contributed by atoms with E-state index < -0.39 is 4.92 Å². The third-order valence-corrected chi connectivity index (χ3v) is 1.76. The van der Waals surface area contributed by atoms with Crippen LogP contribution in [0.1, 0.15) is 5.56 Å². The van der Waals surface area contributed by atoms with Crippen LogP contribution in [0.4, 0.5) is 5.69 Å². The molecule has 0 fully saturated rings. The van der Waals surface area contributed by atoms with Crippen molar-refractivity contribution in [3.63, 3.8) is 0 Å². The van der Waals surface area contributed by atoms with E-state index in [1.165, 1.54) is 6.07 Å². The van der Waals surface area contributed by atoms with Crippen LogP contribution in [0.3, 0.4) is 0 Å². The summed E-state index contributed by atoms with van der Waals surface area (Å²) in [7, 11) is 0. The largest absolute Gasteiger partial charge is 0.480 e. The lowest BCUT2D eigenvalue weighted by molar-refractivity contribution is -0.385. The maximum Gasteiger partial charge on any atom is 0.276 e. The molecule has 0 aromatic heterocycles. The quantitative estimate of drug-likeness (QED) is 0.416. The fourth-order valence-corrected chi connectivity index (χ4v) is 1.08. The Bertz CT molecular complexity index is 393. The predicted octanol–water partition coefficient (Wildman–Crippen LogP) is 1.92. The van der Waals surface area contributed by atoms with Crippen molar-refractivity contribution in [2.75, 3.05) is 6.61 Å². The van der Waals surface area contributed by atoms with Gasteiger partial charge >= 0.3 is 0 Å². The van der Waals surface area contributed by atoms with E-state index in [2.05, 4.69) is 5.92 Å². The molecule has 0 heterocycles. The summed E-state index contributed by atoms with van der Waals surface area (Å²) in [5.41, 5.74) is 0.535. The topological polar surface area (TPSA) is 52.4 Å². The van der Waals surface area contributed by atoms with Crippen molar-refractivity contribution in [2.24, 2.45) is 0 Å². The average Bonchev–Trinajstić information content (AvgIpc) is 2.16. The van der Waals surface area contributed by atoms with Crippen molar-refractivity contribution in [3.8, 4) is 18.1 Å². The summed E-state index contributed by atoms with van der Waals surface area (Å²) >= 11 is 0. The number of nitro benzene ring substituents is 1. The molecule has 0 saturated carbocycles. The molecule has 4 heteroatoms. The van der Waals surface area contributed by atoms with Gasteiger partial charge in [0.1, 0.15) is 12.4 Å². The number of rotatable bonds is 3. The Morgan fingerprint density at radius 3 is 2.93 bits per heavy atom. The van der Waals surface area contributed by atoms with Gasteiger partial charge in [-0.3, -0.25) is 10.1 Å². The van der Waals surface area contributed by atoms with Crippen molar-refractivity contribution in [2.45, 2.75) is 6.92 Å². The second-order valence-corrected chi connectivity index (χ2v) is 2.65. The number of hydrogen-bond acceptors (Lipinski definition) is 3. The lowest BCUT2D eigenvalue weighted by atomic mass is 10.2. The highest BCUT2D eigenvalue weighted by molar-refractivity contribution is 5.48. The van der Waals surface area contributed by atoms with Gasteiger partial charge in [-0.2, -0.15) is 0 Å². The maximum absolute atomic E-state index is 10.6. The Balaban J connectivity index is 3.02. The molecule has 0 bridgehead atoms. The lowest BCUT2D eigenvalue weighted by Gasteiger charge is -2.05. The summed E-state index contributed by atoms with van der Waals surface area (Å²) in [6.07, 6.45) is 5.02. The van der Waals surface area contributed by atoms with Gasteiger partial charge in [0.2, 0.25) is 0 Å². The van der Waals surface area contributed by atoms with Crippen LogP contribution in [-0.2, 0) is 0 Å². The molecule has 4 nitrogen and oxygen atoms in total. The summed E-state index contributed by atoms with van der Waals surface area (Å²) in [5, 5.41) is 10.6. The van der Waals surface area contributed by atoms with Gasteiger partial charge < -0.3 is 4.74 Å². The summed E-state index contributed by atoms with van der Waals surface area (Å²) in [6.45, 7) is 1.74. The number of benzene rings is 1. The van der Waals surface area contributed by atoms with Crippen LogP contribution in [0.5, 0.6) is 5.75 Å². The van der Waals surface area contributed by atoms with Crippen LogP contribution >= 0.6 is 0 Å². The van der Waals surface area contributed by atoms with E-state index in [-0.39, 0.29) is 12.3 Å². The Labute approximate surface area is 81.7 Å². The highest BCUT2D eigenvalue weighted by Crippen LogP contribution is 2.26. The first-order valence-corrected chi connectivity index (χ1v) is 3.97. The van der Waals surface area contributed by atoms with Crippen LogP contribution < -0.4 is 4.74 Å². The zero-order chi connectivity index (χ0) is 10.6. The van der Waals surface area contributed by atoms with E-state index in [1.807, 2.05) is 0 Å². The highest BCUT2D eigenvalue weighted by Gasteiger charge is 2.13. The minimum atomic E-state index is -0.446. The van der Waals surface area contributed by atoms with E-state index in [9.17, 15) is 10.1 Å². The third-order valence-electron chi connectivity index (χ3n) is 1.76. The minimum Gasteiger partial charge on any atom is -0.480 e. The molecule has 0 amide bonds. The first-order valence-electron chi connectivity index (χ1n) is 3.97. The van der Waals surface area contributed by atoms with E-state index in [4.69, 9.17) is 11.2 Å². The van der Waals surface area contributed by atoms with E-state index in [0.717, 1.165) is 0 Å². The molecular formula is C10H9NO3. The van der Waals surface area contributed by atoms with E-state index in [1.54, 1.807) is 19.1 Å². The van der Waals surface area contributed by atoms with Crippen molar-refractivity contribution in [1.29, 1.82) is 0 Å². The number of terminal acetylenes is 1. The molecule has 0 atom stereocenters. The zero-order valence-electron chi connectivity index (χ0n) is 7.69. The molecule has 0 radical (unpaired) electrons. The van der Waals surface area contributed by atoms with Gasteiger partial charge in [0.25, 0.3) is 5.69 Å². The normalized spacial score (nSPS) is 9.14. The van der Waals surface area contributed by atoms with Gasteiger partial charge in [-0.25, -0.2) is 0 Å². The van der Waals surface area contributed by atoms with Crippen LogP contribution in [-0.4, -0.2) is 11.5 Å². The van der Waals surface area contributed by atoms with Crippen LogP contribution in [0, 0.1) is 29.4 Å². The van der Waals surface area contributed by atoms with Gasteiger partial charge in [-0.15, -0.1) is 6.42 Å². The lowest BCUT2D eigenvalue weighted by Crippen LogP contribution is -1.98. The molecule has 0 aliphatic heterocycles. The van der Waals surface area contributed by atoms with Crippen LogP contribution in [0.15, 0.2) is 18.2 Å². The van der Waals surface area contributed by atoms with Crippen molar-refractivity contribution in [3.05, 3.63) is 33.9 Å². The summed E-state index contributed by atoms with van der Waals surface area (Å²) < 4.78 is 5.14. The van der Waals surface area contributed by atoms with E-state index >= 15 is 0 Å². The van der Waals surface area contributed by atoms with E-state index in [0.29, 0.717) is 11.3 Å². The SMILES string of the molecule is C#CCOc1cccc([N+](=O)[O-])c1C. The van der Waals surface area contributed by atoms with Gasteiger partial charge in [0.15, 0.2) is 0 Å². The third kappa shape index (κ3) is 2.02. The number of nitrogens with zero attached hydrogens (tertiary/aromatic N) is 1. The first-order chi connectivity index (χ1) is 6.66. The zero-order valence-corrected chi connectivity index (χ0v) is 7.69. The molecule has 0 unspecified atom stereocenters. The van der Waals surface area contributed by atoms with Gasteiger partial charge in [0, 0.05) is 6.07 Å². The fourth-order valence-electron chi connectivity index (χ4n) is 1.08. The molecule has 0 saturated heterocycles. The molecule has 0 aliphatic carbocycles. The molecule has 0 aliphatic rings. The second-order valence-electron chi connectivity index (χ2n) is 2.65. The molecule has 1 rings (SSSR count).